The molecular weight excluding hydrogens is 260 g/mol. The lowest BCUT2D eigenvalue weighted by atomic mass is 9.90. The van der Waals surface area contributed by atoms with Gasteiger partial charge in [0.1, 0.15) is 5.75 Å². The Hall–Kier alpha value is -1.06. The van der Waals surface area contributed by atoms with Crippen LogP contribution in [-0.2, 0) is 0 Å². The van der Waals surface area contributed by atoms with Gasteiger partial charge < -0.3 is 15.0 Å². The van der Waals surface area contributed by atoms with Crippen LogP contribution in [0.5, 0.6) is 5.75 Å². The zero-order chi connectivity index (χ0) is 15.2. The van der Waals surface area contributed by atoms with Crippen LogP contribution in [0.1, 0.15) is 45.2 Å². The third kappa shape index (κ3) is 4.21. The highest BCUT2D eigenvalue weighted by Gasteiger charge is 2.25. The number of nitrogens with one attached hydrogen (secondary N) is 1. The van der Waals surface area contributed by atoms with Crippen LogP contribution >= 0.6 is 0 Å². The zero-order valence-corrected chi connectivity index (χ0v) is 13.9. The molecule has 0 spiro atoms. The number of piperidine rings is 1. The van der Waals surface area contributed by atoms with Crippen LogP contribution in [0.15, 0.2) is 24.3 Å². The van der Waals surface area contributed by atoms with E-state index in [1.165, 1.54) is 38.0 Å². The van der Waals surface area contributed by atoms with Crippen LogP contribution in [0, 0.1) is 5.92 Å². The minimum Gasteiger partial charge on any atom is -0.496 e. The monoisotopic (exact) mass is 290 g/mol. The molecule has 1 fully saturated rings. The number of hydrogen-bond acceptors (Lipinski definition) is 3. The summed E-state index contributed by atoms with van der Waals surface area (Å²) >= 11 is 0. The fourth-order valence-corrected chi connectivity index (χ4v) is 3.43. The van der Waals surface area contributed by atoms with E-state index in [9.17, 15) is 0 Å². The Morgan fingerprint density at radius 2 is 2.10 bits per heavy atom. The van der Waals surface area contributed by atoms with Gasteiger partial charge in [-0.05, 0) is 51.8 Å². The second-order valence-corrected chi connectivity index (χ2v) is 6.21. The van der Waals surface area contributed by atoms with Crippen molar-refractivity contribution in [3.05, 3.63) is 29.8 Å². The number of benzene rings is 1. The molecule has 0 amide bonds. The molecule has 118 valence electrons. The highest BCUT2D eigenvalue weighted by Crippen LogP contribution is 2.27. The molecule has 1 saturated heterocycles. The van der Waals surface area contributed by atoms with Crippen molar-refractivity contribution >= 4 is 0 Å². The molecule has 2 rings (SSSR count). The first-order valence-electron chi connectivity index (χ1n) is 8.27. The Kier molecular flexibility index (Phi) is 6.07. The van der Waals surface area contributed by atoms with E-state index in [1.807, 2.05) is 12.1 Å². The number of methoxy groups -OCH3 is 1. The quantitative estimate of drug-likeness (QED) is 0.868. The Bertz CT molecular complexity index is 435. The summed E-state index contributed by atoms with van der Waals surface area (Å²) in [5.41, 5.74) is 1.25. The maximum Gasteiger partial charge on any atom is 0.123 e. The molecule has 3 atom stereocenters. The molecule has 3 heteroatoms. The third-order valence-corrected chi connectivity index (χ3v) is 4.81. The highest BCUT2D eigenvalue weighted by molar-refractivity contribution is 5.35. The summed E-state index contributed by atoms with van der Waals surface area (Å²) in [6.07, 6.45) is 2.66. The Morgan fingerprint density at radius 1 is 1.33 bits per heavy atom. The first-order chi connectivity index (χ1) is 10.2. The molecule has 0 radical (unpaired) electrons. The van der Waals surface area contributed by atoms with E-state index in [4.69, 9.17) is 4.74 Å². The third-order valence-electron chi connectivity index (χ3n) is 4.81. The number of ether oxygens (including phenoxy) is 1. The number of hydrogen-bond donors (Lipinski definition) is 1. The first-order valence-corrected chi connectivity index (χ1v) is 8.27. The Labute approximate surface area is 129 Å². The van der Waals surface area contributed by atoms with E-state index >= 15 is 0 Å². The second-order valence-electron chi connectivity index (χ2n) is 6.21. The van der Waals surface area contributed by atoms with Gasteiger partial charge in [-0.3, -0.25) is 0 Å². The molecule has 21 heavy (non-hydrogen) atoms. The van der Waals surface area contributed by atoms with Gasteiger partial charge in [0.2, 0.25) is 0 Å². The maximum absolute atomic E-state index is 5.48. The van der Waals surface area contributed by atoms with Gasteiger partial charge in [-0.2, -0.15) is 0 Å². The van der Waals surface area contributed by atoms with Crippen molar-refractivity contribution in [2.45, 2.75) is 45.7 Å². The molecule has 0 bridgehead atoms. The van der Waals surface area contributed by atoms with Gasteiger partial charge >= 0.3 is 0 Å². The normalized spacial score (nSPS) is 22.8. The molecule has 0 aromatic heterocycles. The first kappa shape index (κ1) is 16.3. The summed E-state index contributed by atoms with van der Waals surface area (Å²) in [6, 6.07) is 9.14. The molecule has 1 aliphatic rings. The molecule has 2 unspecified atom stereocenters. The van der Waals surface area contributed by atoms with E-state index in [1.54, 1.807) is 7.11 Å². The summed E-state index contributed by atoms with van der Waals surface area (Å²) in [6.45, 7) is 10.5. The molecule has 1 heterocycles. The predicted octanol–water partition coefficient (Wildman–Crippen LogP) is 3.47. The van der Waals surface area contributed by atoms with E-state index in [2.05, 4.69) is 43.1 Å². The maximum atomic E-state index is 5.48. The summed E-state index contributed by atoms with van der Waals surface area (Å²) < 4.78 is 5.48. The number of rotatable bonds is 6. The largest absolute Gasteiger partial charge is 0.496 e. The zero-order valence-electron chi connectivity index (χ0n) is 13.9. The lowest BCUT2D eigenvalue weighted by Gasteiger charge is -2.36. The summed E-state index contributed by atoms with van der Waals surface area (Å²) in [4.78, 5) is 2.57. The Balaban J connectivity index is 1.96. The van der Waals surface area contributed by atoms with Crippen LogP contribution in [-0.4, -0.2) is 37.7 Å². The van der Waals surface area contributed by atoms with Crippen LogP contribution in [0.25, 0.3) is 0 Å². The highest BCUT2D eigenvalue weighted by atomic mass is 16.5. The van der Waals surface area contributed by atoms with E-state index in [-0.39, 0.29) is 0 Å². The average molecular weight is 290 g/mol. The van der Waals surface area contributed by atoms with Crippen LogP contribution in [0.4, 0.5) is 0 Å². The molecule has 1 aromatic carbocycles. The van der Waals surface area contributed by atoms with Crippen molar-refractivity contribution in [1.82, 2.24) is 10.2 Å². The van der Waals surface area contributed by atoms with Crippen LogP contribution in [0.3, 0.4) is 0 Å². The predicted molar refractivity (Wildman–Crippen MR) is 88.8 cm³/mol. The molecular formula is C18H30N2O. The molecule has 1 aromatic rings. The van der Waals surface area contributed by atoms with Gasteiger partial charge in [0, 0.05) is 24.2 Å². The van der Waals surface area contributed by atoms with Gasteiger partial charge in [-0.1, -0.05) is 25.1 Å². The topological polar surface area (TPSA) is 24.5 Å². The lowest BCUT2D eigenvalue weighted by molar-refractivity contribution is 0.153. The number of nitrogens with zero attached hydrogens (tertiary/aromatic N) is 1. The van der Waals surface area contributed by atoms with Gasteiger partial charge in [0.15, 0.2) is 0 Å². The summed E-state index contributed by atoms with van der Waals surface area (Å²) in [5.74, 6) is 1.72. The van der Waals surface area contributed by atoms with Gasteiger partial charge in [0.25, 0.3) is 0 Å². The number of para-hydroxylation sites is 1. The van der Waals surface area contributed by atoms with Gasteiger partial charge in [-0.15, -0.1) is 0 Å². The van der Waals surface area contributed by atoms with E-state index in [0.29, 0.717) is 12.1 Å². The van der Waals surface area contributed by atoms with Crippen molar-refractivity contribution in [2.24, 2.45) is 5.92 Å². The molecule has 1 N–H and O–H groups in total. The second kappa shape index (κ2) is 7.81. The van der Waals surface area contributed by atoms with Crippen molar-refractivity contribution in [2.75, 3.05) is 26.7 Å². The molecule has 0 aliphatic carbocycles. The smallest absolute Gasteiger partial charge is 0.123 e. The van der Waals surface area contributed by atoms with E-state index < -0.39 is 0 Å². The summed E-state index contributed by atoms with van der Waals surface area (Å²) in [7, 11) is 1.75. The Morgan fingerprint density at radius 3 is 2.81 bits per heavy atom. The molecule has 3 nitrogen and oxygen atoms in total. The minimum atomic E-state index is 0.313. The van der Waals surface area contributed by atoms with Crippen molar-refractivity contribution in [3.8, 4) is 5.75 Å². The van der Waals surface area contributed by atoms with Crippen LogP contribution in [0.2, 0.25) is 0 Å². The van der Waals surface area contributed by atoms with E-state index in [0.717, 1.165) is 11.7 Å². The van der Waals surface area contributed by atoms with Crippen LogP contribution < -0.4 is 10.1 Å². The van der Waals surface area contributed by atoms with Gasteiger partial charge in [0.05, 0.1) is 7.11 Å². The molecule has 1 aliphatic heterocycles. The fraction of sp³-hybridized carbons (Fsp3) is 0.667. The van der Waals surface area contributed by atoms with Crippen molar-refractivity contribution < 1.29 is 4.74 Å². The number of likely N-dealkylation sites (tertiary alicyclic amines) is 1. The van der Waals surface area contributed by atoms with Crippen molar-refractivity contribution in [3.63, 3.8) is 0 Å². The van der Waals surface area contributed by atoms with Crippen molar-refractivity contribution in [1.29, 1.82) is 0 Å². The standard InChI is InChI=1S/C18H30N2O/c1-5-20-12-8-9-16(13-20)14(2)19-15(3)17-10-6-7-11-18(17)21-4/h6-7,10-11,14-16,19H,5,8-9,12-13H2,1-4H3/t14?,15-,16?/m1/s1. The summed E-state index contributed by atoms with van der Waals surface area (Å²) in [5, 5.41) is 3.78. The SMILES string of the molecule is CCN1CCCC(C(C)N[C@H](C)c2ccccc2OC)C1. The average Bonchev–Trinajstić information content (AvgIpc) is 2.54. The minimum absolute atomic E-state index is 0.313. The van der Waals surface area contributed by atoms with Gasteiger partial charge in [-0.25, -0.2) is 0 Å². The lowest BCUT2D eigenvalue weighted by Crippen LogP contribution is -2.45. The fourth-order valence-electron chi connectivity index (χ4n) is 3.43. The molecule has 0 saturated carbocycles.